The van der Waals surface area contributed by atoms with Crippen molar-refractivity contribution in [1.82, 2.24) is 0 Å². The number of benzene rings is 2. The summed E-state index contributed by atoms with van der Waals surface area (Å²) < 4.78 is 26.5. The lowest BCUT2D eigenvalue weighted by Crippen LogP contribution is -2.24. The smallest absolute Gasteiger partial charge is 0.232 e. The Morgan fingerprint density at radius 2 is 1.48 bits per heavy atom. The van der Waals surface area contributed by atoms with Gasteiger partial charge in [0.2, 0.25) is 10.0 Å². The van der Waals surface area contributed by atoms with Gasteiger partial charge in [0.15, 0.2) is 11.6 Å². The van der Waals surface area contributed by atoms with Gasteiger partial charge in [0.05, 0.1) is 17.0 Å². The standard InChI is InChI=1S/C17H15NO4S/c1-2-10-23(21,22)18-14-9-5-8-13-15(14)17(20)12-7-4-3-6-11(12)16(13)19/h3-9,18H,2,10H2,1H3. The molecule has 6 heteroatoms. The molecule has 23 heavy (non-hydrogen) atoms. The van der Waals surface area contributed by atoms with Crippen molar-refractivity contribution >= 4 is 27.3 Å². The van der Waals surface area contributed by atoms with Crippen LogP contribution in [0.5, 0.6) is 0 Å². The minimum atomic E-state index is -3.55. The third-order valence-electron chi connectivity index (χ3n) is 3.69. The Labute approximate surface area is 134 Å². The molecule has 0 aromatic heterocycles. The van der Waals surface area contributed by atoms with E-state index in [1.54, 1.807) is 43.3 Å². The first-order chi connectivity index (χ1) is 10.9. The van der Waals surface area contributed by atoms with Crippen LogP contribution in [0.4, 0.5) is 5.69 Å². The summed E-state index contributed by atoms with van der Waals surface area (Å²) in [5.41, 5.74) is 1.15. The number of carbonyl (C=O) groups excluding carboxylic acids is 2. The highest BCUT2D eigenvalue weighted by Crippen LogP contribution is 2.32. The first-order valence-electron chi connectivity index (χ1n) is 7.26. The Balaban J connectivity index is 2.15. The number of sulfonamides is 1. The van der Waals surface area contributed by atoms with Crippen molar-refractivity contribution < 1.29 is 18.0 Å². The monoisotopic (exact) mass is 329 g/mol. The number of fused-ring (bicyclic) bond motifs is 2. The molecular weight excluding hydrogens is 314 g/mol. The summed E-state index contributed by atoms with van der Waals surface area (Å²) in [6.45, 7) is 1.75. The number of nitrogens with one attached hydrogen (secondary N) is 1. The van der Waals surface area contributed by atoms with Crippen LogP contribution in [0.1, 0.15) is 45.2 Å². The number of hydrogen-bond donors (Lipinski definition) is 1. The summed E-state index contributed by atoms with van der Waals surface area (Å²) >= 11 is 0. The van der Waals surface area contributed by atoms with E-state index in [0.717, 1.165) is 0 Å². The van der Waals surface area contributed by atoms with Gasteiger partial charge in [-0.2, -0.15) is 0 Å². The van der Waals surface area contributed by atoms with Gasteiger partial charge in [-0.3, -0.25) is 14.3 Å². The van der Waals surface area contributed by atoms with E-state index in [1.165, 1.54) is 6.07 Å². The lowest BCUT2D eigenvalue weighted by Gasteiger charge is -2.20. The molecule has 3 rings (SSSR count). The second-order valence-electron chi connectivity index (χ2n) is 5.35. The maximum Gasteiger partial charge on any atom is 0.232 e. The van der Waals surface area contributed by atoms with Crippen LogP contribution >= 0.6 is 0 Å². The molecule has 5 nitrogen and oxygen atoms in total. The summed E-state index contributed by atoms with van der Waals surface area (Å²) in [6.07, 6.45) is 0.458. The second kappa shape index (κ2) is 5.62. The van der Waals surface area contributed by atoms with Gasteiger partial charge in [-0.15, -0.1) is 0 Å². The molecule has 0 radical (unpaired) electrons. The molecule has 0 unspecified atom stereocenters. The Morgan fingerprint density at radius 1 is 0.870 bits per heavy atom. The van der Waals surface area contributed by atoms with Crippen molar-refractivity contribution in [3.8, 4) is 0 Å². The molecule has 0 heterocycles. The summed E-state index contributed by atoms with van der Waals surface area (Å²) in [5.74, 6) is -0.660. The molecule has 0 fully saturated rings. The average molecular weight is 329 g/mol. The number of ketones is 2. The van der Waals surface area contributed by atoms with Crippen molar-refractivity contribution in [3.05, 3.63) is 64.7 Å². The maximum absolute atomic E-state index is 12.7. The van der Waals surface area contributed by atoms with E-state index < -0.39 is 10.0 Å². The second-order valence-corrected chi connectivity index (χ2v) is 7.19. The van der Waals surface area contributed by atoms with Crippen molar-refractivity contribution in [2.24, 2.45) is 0 Å². The zero-order chi connectivity index (χ0) is 16.6. The maximum atomic E-state index is 12.7. The molecule has 0 amide bonds. The summed E-state index contributed by atoms with van der Waals surface area (Å²) in [4.78, 5) is 25.3. The molecule has 0 spiro atoms. The van der Waals surface area contributed by atoms with Gasteiger partial charge in [0.25, 0.3) is 0 Å². The number of carbonyl (C=O) groups is 2. The lowest BCUT2D eigenvalue weighted by molar-refractivity contribution is 0.0979. The molecule has 0 bridgehead atoms. The highest BCUT2D eigenvalue weighted by atomic mass is 32.2. The molecule has 1 N–H and O–H groups in total. The molecule has 2 aromatic carbocycles. The van der Waals surface area contributed by atoms with E-state index in [2.05, 4.69) is 4.72 Å². The fourth-order valence-corrected chi connectivity index (χ4v) is 3.86. The van der Waals surface area contributed by atoms with Crippen molar-refractivity contribution in [1.29, 1.82) is 0 Å². The van der Waals surface area contributed by atoms with E-state index in [0.29, 0.717) is 17.5 Å². The first kappa shape index (κ1) is 15.4. The highest BCUT2D eigenvalue weighted by Gasteiger charge is 2.32. The SMILES string of the molecule is CCCS(=O)(=O)Nc1cccc2c1C(=O)c1ccccc1C2=O. The first-order valence-corrected chi connectivity index (χ1v) is 8.92. The Hall–Kier alpha value is -2.47. The van der Waals surface area contributed by atoms with Gasteiger partial charge < -0.3 is 0 Å². The fourth-order valence-electron chi connectivity index (χ4n) is 2.72. The molecule has 1 aliphatic rings. The normalized spacial score (nSPS) is 13.4. The number of hydrogen-bond acceptors (Lipinski definition) is 4. The van der Waals surface area contributed by atoms with Crippen molar-refractivity contribution in [2.45, 2.75) is 13.3 Å². The summed E-state index contributed by atoms with van der Waals surface area (Å²) in [5, 5.41) is 0. The molecule has 118 valence electrons. The molecule has 0 atom stereocenters. The Bertz CT molecular complexity index is 916. The van der Waals surface area contributed by atoms with Crippen LogP contribution in [0, 0.1) is 0 Å². The zero-order valence-electron chi connectivity index (χ0n) is 12.5. The van der Waals surface area contributed by atoms with Crippen LogP contribution < -0.4 is 4.72 Å². The fraction of sp³-hybridized carbons (Fsp3) is 0.176. The molecule has 0 saturated carbocycles. The van der Waals surface area contributed by atoms with E-state index in [-0.39, 0.29) is 34.1 Å². The predicted octanol–water partition coefficient (Wildman–Crippen LogP) is 2.61. The highest BCUT2D eigenvalue weighted by molar-refractivity contribution is 7.92. The van der Waals surface area contributed by atoms with Gasteiger partial charge in [0, 0.05) is 16.7 Å². The summed E-state index contributed by atoms with van der Waals surface area (Å²) in [6, 6.07) is 11.2. The topological polar surface area (TPSA) is 80.3 Å². The van der Waals surface area contributed by atoms with Gasteiger partial charge in [-0.25, -0.2) is 8.42 Å². The van der Waals surface area contributed by atoms with E-state index >= 15 is 0 Å². The van der Waals surface area contributed by atoms with E-state index in [1.807, 2.05) is 0 Å². The molecule has 2 aromatic rings. The van der Waals surface area contributed by atoms with Crippen LogP contribution in [0.2, 0.25) is 0 Å². The van der Waals surface area contributed by atoms with Crippen LogP contribution in [0.25, 0.3) is 0 Å². The molecule has 0 saturated heterocycles. The molecular formula is C17H15NO4S. The largest absolute Gasteiger partial charge is 0.289 e. The quantitative estimate of drug-likeness (QED) is 0.798. The zero-order valence-corrected chi connectivity index (χ0v) is 13.3. The van der Waals surface area contributed by atoms with E-state index in [9.17, 15) is 18.0 Å². The minimum absolute atomic E-state index is 0.0462. The van der Waals surface area contributed by atoms with E-state index in [4.69, 9.17) is 0 Å². The van der Waals surface area contributed by atoms with Crippen molar-refractivity contribution in [2.75, 3.05) is 10.5 Å². The Kier molecular flexibility index (Phi) is 3.77. The van der Waals surface area contributed by atoms with Gasteiger partial charge in [0.1, 0.15) is 0 Å². The van der Waals surface area contributed by atoms with Crippen LogP contribution in [0.3, 0.4) is 0 Å². The van der Waals surface area contributed by atoms with Crippen LogP contribution in [-0.4, -0.2) is 25.7 Å². The van der Waals surface area contributed by atoms with Crippen molar-refractivity contribution in [3.63, 3.8) is 0 Å². The third-order valence-corrected chi connectivity index (χ3v) is 5.17. The van der Waals surface area contributed by atoms with Gasteiger partial charge in [-0.05, 0) is 12.5 Å². The number of anilines is 1. The predicted molar refractivity (Wildman–Crippen MR) is 87.4 cm³/mol. The van der Waals surface area contributed by atoms with Gasteiger partial charge >= 0.3 is 0 Å². The molecule has 0 aliphatic heterocycles. The van der Waals surface area contributed by atoms with Crippen LogP contribution in [-0.2, 0) is 10.0 Å². The molecule has 1 aliphatic carbocycles. The average Bonchev–Trinajstić information content (AvgIpc) is 2.52. The van der Waals surface area contributed by atoms with Gasteiger partial charge in [-0.1, -0.05) is 43.3 Å². The number of rotatable bonds is 4. The summed E-state index contributed by atoms with van der Waals surface area (Å²) in [7, 11) is -3.55. The lowest BCUT2D eigenvalue weighted by atomic mass is 9.83. The Morgan fingerprint density at radius 3 is 2.13 bits per heavy atom. The van der Waals surface area contributed by atoms with Crippen LogP contribution in [0.15, 0.2) is 42.5 Å². The minimum Gasteiger partial charge on any atom is -0.289 e. The third kappa shape index (κ3) is 2.66.